The van der Waals surface area contributed by atoms with Crippen LogP contribution in [0.5, 0.6) is 0 Å². The molecule has 0 bridgehead atoms. The third-order valence-corrected chi connectivity index (χ3v) is 3.51. The predicted molar refractivity (Wildman–Crippen MR) is 71.1 cm³/mol. The zero-order valence-corrected chi connectivity index (χ0v) is 11.2. The van der Waals surface area contributed by atoms with Crippen LogP contribution in [0, 0.1) is 0 Å². The van der Waals surface area contributed by atoms with E-state index in [9.17, 15) is 9.90 Å². The summed E-state index contributed by atoms with van der Waals surface area (Å²) in [4.78, 5) is 16.5. The molecular formula is C12H15BrN2O2. The normalized spacial score (nSPS) is 13.1. The van der Waals surface area contributed by atoms with Gasteiger partial charge in [-0.25, -0.2) is 4.79 Å². The maximum absolute atomic E-state index is 11.2. The predicted octanol–water partition coefficient (Wildman–Crippen LogP) is 2.84. The van der Waals surface area contributed by atoms with Gasteiger partial charge in [-0.15, -0.1) is 0 Å². The highest BCUT2D eigenvalue weighted by Crippen LogP contribution is 2.29. The molecule has 17 heavy (non-hydrogen) atoms. The van der Waals surface area contributed by atoms with E-state index in [4.69, 9.17) is 0 Å². The van der Waals surface area contributed by atoms with Gasteiger partial charge in [0.25, 0.3) is 0 Å². The molecular weight excluding hydrogens is 284 g/mol. The third-order valence-electron chi connectivity index (χ3n) is 2.82. The molecule has 2 aromatic rings. The highest BCUT2D eigenvalue weighted by atomic mass is 79.9. The first-order valence-electron chi connectivity index (χ1n) is 5.71. The molecule has 1 unspecified atom stereocenters. The molecule has 0 saturated carbocycles. The zero-order valence-electron chi connectivity index (χ0n) is 9.59. The maximum atomic E-state index is 11.2. The average molecular weight is 299 g/mol. The Morgan fingerprint density at radius 2 is 2.00 bits per heavy atom. The summed E-state index contributed by atoms with van der Waals surface area (Å²) in [5.41, 5.74) is 2.06. The molecule has 0 aliphatic carbocycles. The lowest BCUT2D eigenvalue weighted by Crippen LogP contribution is -1.99. The van der Waals surface area contributed by atoms with Gasteiger partial charge in [0, 0.05) is 4.47 Å². The van der Waals surface area contributed by atoms with E-state index < -0.39 is 6.10 Å². The van der Waals surface area contributed by atoms with Crippen molar-refractivity contribution in [2.24, 2.45) is 0 Å². The van der Waals surface area contributed by atoms with Gasteiger partial charge in [0.1, 0.15) is 0 Å². The van der Waals surface area contributed by atoms with Gasteiger partial charge in [0.2, 0.25) is 0 Å². The minimum Gasteiger partial charge on any atom is -0.388 e. The molecule has 2 rings (SSSR count). The van der Waals surface area contributed by atoms with Crippen molar-refractivity contribution in [3.05, 3.63) is 32.7 Å². The Kier molecular flexibility index (Phi) is 3.69. The standard InChI is InChI=1S/C12H15BrN2O2/c1-2-3-4-11(16)7-5-9-10(6-8(7)13)15-12(17)14-9/h5-6,11,16H,2-4H2,1H3,(H2,14,15,17). The topological polar surface area (TPSA) is 68.9 Å². The van der Waals surface area contributed by atoms with Crippen LogP contribution in [-0.2, 0) is 0 Å². The van der Waals surface area contributed by atoms with E-state index in [1.165, 1.54) is 0 Å². The molecule has 0 amide bonds. The monoisotopic (exact) mass is 298 g/mol. The molecule has 1 aromatic carbocycles. The van der Waals surface area contributed by atoms with Crippen LogP contribution in [0.2, 0.25) is 0 Å². The fourth-order valence-corrected chi connectivity index (χ4v) is 2.49. The smallest absolute Gasteiger partial charge is 0.323 e. The van der Waals surface area contributed by atoms with Crippen molar-refractivity contribution < 1.29 is 5.11 Å². The van der Waals surface area contributed by atoms with Crippen molar-refractivity contribution in [1.29, 1.82) is 0 Å². The van der Waals surface area contributed by atoms with Crippen LogP contribution in [0.3, 0.4) is 0 Å². The number of rotatable bonds is 4. The maximum Gasteiger partial charge on any atom is 0.323 e. The van der Waals surface area contributed by atoms with Crippen LogP contribution < -0.4 is 5.69 Å². The number of hydrogen-bond acceptors (Lipinski definition) is 2. The van der Waals surface area contributed by atoms with E-state index >= 15 is 0 Å². The SMILES string of the molecule is CCCCC(O)c1cc2[nH]c(=O)[nH]c2cc1Br. The minimum atomic E-state index is -0.493. The lowest BCUT2D eigenvalue weighted by molar-refractivity contribution is 0.163. The van der Waals surface area contributed by atoms with Gasteiger partial charge >= 0.3 is 5.69 Å². The first kappa shape index (κ1) is 12.4. The highest BCUT2D eigenvalue weighted by molar-refractivity contribution is 9.10. The summed E-state index contributed by atoms with van der Waals surface area (Å²) in [6.07, 6.45) is 2.27. The number of hydrogen-bond donors (Lipinski definition) is 3. The van der Waals surface area contributed by atoms with E-state index in [1.54, 1.807) is 0 Å². The van der Waals surface area contributed by atoms with Crippen LogP contribution in [-0.4, -0.2) is 15.1 Å². The summed E-state index contributed by atoms with van der Waals surface area (Å²) in [7, 11) is 0. The molecule has 0 saturated heterocycles. The second kappa shape index (κ2) is 5.06. The second-order valence-corrected chi connectivity index (χ2v) is 5.01. The van der Waals surface area contributed by atoms with E-state index in [0.717, 1.165) is 40.3 Å². The van der Waals surface area contributed by atoms with Gasteiger partial charge in [0.15, 0.2) is 0 Å². The molecule has 1 atom stereocenters. The third kappa shape index (κ3) is 2.61. The minimum absolute atomic E-state index is 0.230. The van der Waals surface area contributed by atoms with Gasteiger partial charge in [0.05, 0.1) is 17.1 Å². The van der Waals surface area contributed by atoms with Crippen LogP contribution >= 0.6 is 15.9 Å². The molecule has 0 spiro atoms. The van der Waals surface area contributed by atoms with Crippen molar-refractivity contribution in [3.63, 3.8) is 0 Å². The number of benzene rings is 1. The first-order chi connectivity index (χ1) is 8.11. The molecule has 0 aliphatic rings. The largest absolute Gasteiger partial charge is 0.388 e. The molecule has 1 heterocycles. The number of aliphatic hydroxyl groups excluding tert-OH is 1. The van der Waals surface area contributed by atoms with Gasteiger partial charge in [-0.05, 0) is 24.1 Å². The number of halogens is 1. The second-order valence-electron chi connectivity index (χ2n) is 4.16. The number of H-pyrrole nitrogens is 2. The average Bonchev–Trinajstić information content (AvgIpc) is 2.64. The lowest BCUT2D eigenvalue weighted by atomic mass is 10.0. The van der Waals surface area contributed by atoms with E-state index in [1.807, 2.05) is 12.1 Å². The first-order valence-corrected chi connectivity index (χ1v) is 6.50. The summed E-state index contributed by atoms with van der Waals surface area (Å²) in [5, 5.41) is 10.1. The van der Waals surface area contributed by atoms with Crippen LogP contribution in [0.25, 0.3) is 11.0 Å². The fraction of sp³-hybridized carbons (Fsp3) is 0.417. The Bertz CT molecular complexity index is 573. The van der Waals surface area contributed by atoms with Crippen LogP contribution in [0.15, 0.2) is 21.4 Å². The van der Waals surface area contributed by atoms with E-state index in [-0.39, 0.29) is 5.69 Å². The Balaban J connectivity index is 2.39. The van der Waals surface area contributed by atoms with Gasteiger partial charge in [-0.2, -0.15) is 0 Å². The number of aromatic amines is 2. The van der Waals surface area contributed by atoms with Gasteiger partial charge in [-0.1, -0.05) is 35.7 Å². The van der Waals surface area contributed by atoms with E-state index in [2.05, 4.69) is 32.8 Å². The molecule has 0 aliphatic heterocycles. The van der Waals surface area contributed by atoms with Crippen LogP contribution in [0.4, 0.5) is 0 Å². The molecule has 92 valence electrons. The van der Waals surface area contributed by atoms with Crippen molar-refractivity contribution in [2.75, 3.05) is 0 Å². The summed E-state index contributed by atoms with van der Waals surface area (Å²) in [6, 6.07) is 3.63. The fourth-order valence-electron chi connectivity index (χ4n) is 1.88. The number of fused-ring (bicyclic) bond motifs is 1. The number of nitrogens with one attached hydrogen (secondary N) is 2. The molecule has 4 nitrogen and oxygen atoms in total. The zero-order chi connectivity index (χ0) is 12.4. The number of unbranched alkanes of at least 4 members (excludes halogenated alkanes) is 1. The molecule has 1 aromatic heterocycles. The molecule has 5 heteroatoms. The summed E-state index contributed by atoms with van der Waals surface area (Å²) < 4.78 is 0.823. The molecule has 3 N–H and O–H groups in total. The van der Waals surface area contributed by atoms with Gasteiger partial charge < -0.3 is 15.1 Å². The quantitative estimate of drug-likeness (QED) is 0.812. The van der Waals surface area contributed by atoms with E-state index in [0.29, 0.717) is 0 Å². The van der Waals surface area contributed by atoms with Gasteiger partial charge in [-0.3, -0.25) is 0 Å². The number of imidazole rings is 1. The Labute approximate surface area is 107 Å². The Morgan fingerprint density at radius 1 is 1.35 bits per heavy atom. The molecule has 0 radical (unpaired) electrons. The van der Waals surface area contributed by atoms with Crippen LogP contribution in [0.1, 0.15) is 37.9 Å². The Morgan fingerprint density at radius 3 is 2.65 bits per heavy atom. The van der Waals surface area contributed by atoms with Crippen molar-refractivity contribution in [3.8, 4) is 0 Å². The highest BCUT2D eigenvalue weighted by Gasteiger charge is 2.13. The van der Waals surface area contributed by atoms with Crippen molar-refractivity contribution in [2.45, 2.75) is 32.3 Å². The number of aromatic nitrogens is 2. The summed E-state index contributed by atoms with van der Waals surface area (Å²) in [5.74, 6) is 0. The summed E-state index contributed by atoms with van der Waals surface area (Å²) in [6.45, 7) is 2.09. The lowest BCUT2D eigenvalue weighted by Gasteiger charge is -2.12. The Hall–Kier alpha value is -1.07. The number of aliphatic hydroxyl groups is 1. The van der Waals surface area contributed by atoms with Crippen molar-refractivity contribution in [1.82, 2.24) is 9.97 Å². The van der Waals surface area contributed by atoms with Crippen molar-refractivity contribution >= 4 is 27.0 Å². The summed E-state index contributed by atoms with van der Waals surface area (Å²) >= 11 is 3.42. The molecule has 0 fully saturated rings.